The smallest absolute Gasteiger partial charge is 0.326 e. The molecule has 5 heteroatoms. The van der Waals surface area contributed by atoms with Crippen LogP contribution < -0.4 is 0 Å². The van der Waals surface area contributed by atoms with Gasteiger partial charge < -0.3 is 14.7 Å². The summed E-state index contributed by atoms with van der Waals surface area (Å²) in [6.07, 6.45) is 5.19. The van der Waals surface area contributed by atoms with Crippen molar-refractivity contribution >= 4 is 11.9 Å². The number of likely N-dealkylation sites (tertiary alicyclic amines) is 1. The van der Waals surface area contributed by atoms with Crippen LogP contribution in [0.25, 0.3) is 0 Å². The number of ether oxygens (including phenoxy) is 1. The Hall–Kier alpha value is -1.10. The van der Waals surface area contributed by atoms with Gasteiger partial charge in [-0.15, -0.1) is 0 Å². The van der Waals surface area contributed by atoms with Crippen LogP contribution in [0.1, 0.15) is 45.4 Å². The number of carbonyl (C=O) groups is 2. The highest BCUT2D eigenvalue weighted by Crippen LogP contribution is 2.40. The molecule has 19 heavy (non-hydrogen) atoms. The maximum absolute atomic E-state index is 12.3. The number of nitrogens with zero attached hydrogens (tertiary/aromatic N) is 1. The van der Waals surface area contributed by atoms with Crippen LogP contribution in [0.4, 0.5) is 0 Å². The third kappa shape index (κ3) is 3.08. The van der Waals surface area contributed by atoms with E-state index in [-0.39, 0.29) is 11.9 Å². The lowest BCUT2D eigenvalue weighted by molar-refractivity contribution is -0.150. The van der Waals surface area contributed by atoms with Crippen LogP contribution in [0.3, 0.4) is 0 Å². The second-order valence-electron chi connectivity index (χ2n) is 5.45. The lowest BCUT2D eigenvalue weighted by Gasteiger charge is -2.33. The number of carboxylic acids is 1. The van der Waals surface area contributed by atoms with Crippen LogP contribution in [-0.4, -0.2) is 47.2 Å². The van der Waals surface area contributed by atoms with Crippen LogP contribution in [0.15, 0.2) is 0 Å². The molecule has 2 fully saturated rings. The van der Waals surface area contributed by atoms with Crippen molar-refractivity contribution < 1.29 is 19.4 Å². The molecule has 3 atom stereocenters. The predicted octanol–water partition coefficient (Wildman–Crippen LogP) is 1.66. The van der Waals surface area contributed by atoms with Gasteiger partial charge >= 0.3 is 5.97 Å². The van der Waals surface area contributed by atoms with Gasteiger partial charge in [0.1, 0.15) is 6.04 Å². The summed E-state index contributed by atoms with van der Waals surface area (Å²) in [5, 5.41) is 9.33. The maximum atomic E-state index is 12.3. The number of hydrogen-bond donors (Lipinski definition) is 1. The van der Waals surface area contributed by atoms with E-state index in [2.05, 4.69) is 0 Å². The lowest BCUT2D eigenvalue weighted by Crippen LogP contribution is -2.46. The van der Waals surface area contributed by atoms with Gasteiger partial charge in [0, 0.05) is 12.6 Å². The molecule has 0 aromatic carbocycles. The number of amides is 1. The van der Waals surface area contributed by atoms with Crippen molar-refractivity contribution in [3.8, 4) is 0 Å². The lowest BCUT2D eigenvalue weighted by atomic mass is 9.84. The summed E-state index contributed by atoms with van der Waals surface area (Å²) >= 11 is 0. The fourth-order valence-corrected chi connectivity index (χ4v) is 3.47. The highest BCUT2D eigenvalue weighted by atomic mass is 16.5. The molecule has 2 rings (SSSR count). The summed E-state index contributed by atoms with van der Waals surface area (Å²) in [5.74, 6) is -0.541. The molecule has 0 unspecified atom stereocenters. The van der Waals surface area contributed by atoms with E-state index in [0.29, 0.717) is 32.0 Å². The fourth-order valence-electron chi connectivity index (χ4n) is 3.47. The average molecular weight is 269 g/mol. The highest BCUT2D eigenvalue weighted by molar-refractivity contribution is 5.84. The minimum Gasteiger partial charge on any atom is -0.480 e. The van der Waals surface area contributed by atoms with Crippen molar-refractivity contribution in [2.24, 2.45) is 5.92 Å². The Morgan fingerprint density at radius 1 is 1.32 bits per heavy atom. The van der Waals surface area contributed by atoms with Gasteiger partial charge in [-0.05, 0) is 32.1 Å². The first-order valence-electron chi connectivity index (χ1n) is 7.26. The molecule has 108 valence electrons. The monoisotopic (exact) mass is 269 g/mol. The molecule has 1 aliphatic heterocycles. The molecule has 1 heterocycles. The molecule has 1 saturated carbocycles. The Balaban J connectivity index is 2.04. The molecule has 0 spiro atoms. The Bertz CT molecular complexity index is 344. The zero-order valence-electron chi connectivity index (χ0n) is 11.5. The summed E-state index contributed by atoms with van der Waals surface area (Å²) in [5.41, 5.74) is 0. The number of carboxylic acid groups (broad SMARTS) is 1. The maximum Gasteiger partial charge on any atom is 0.326 e. The summed E-state index contributed by atoms with van der Waals surface area (Å²) in [6.45, 7) is 2.86. The Morgan fingerprint density at radius 3 is 2.74 bits per heavy atom. The number of rotatable bonds is 5. The van der Waals surface area contributed by atoms with Crippen molar-refractivity contribution in [1.29, 1.82) is 0 Å². The Labute approximate surface area is 113 Å². The third-order valence-electron chi connectivity index (χ3n) is 4.33. The fraction of sp³-hybridized carbons (Fsp3) is 0.857. The minimum absolute atomic E-state index is 0.0600. The summed E-state index contributed by atoms with van der Waals surface area (Å²) in [7, 11) is 0. The van der Waals surface area contributed by atoms with E-state index in [0.717, 1.165) is 25.7 Å². The number of aliphatic carboxylic acids is 1. The number of hydrogen-bond acceptors (Lipinski definition) is 3. The van der Waals surface area contributed by atoms with E-state index in [9.17, 15) is 14.7 Å². The van der Waals surface area contributed by atoms with Crippen molar-refractivity contribution in [1.82, 2.24) is 4.90 Å². The number of carbonyl (C=O) groups excluding carboxylic acids is 1. The summed E-state index contributed by atoms with van der Waals surface area (Å²) in [6, 6.07) is -0.480. The second kappa shape index (κ2) is 6.37. The largest absolute Gasteiger partial charge is 0.480 e. The normalized spacial score (nSPS) is 30.2. The Morgan fingerprint density at radius 2 is 2.05 bits per heavy atom. The molecule has 0 aromatic heterocycles. The van der Waals surface area contributed by atoms with Crippen LogP contribution in [-0.2, 0) is 14.3 Å². The van der Waals surface area contributed by atoms with Gasteiger partial charge in [-0.25, -0.2) is 4.79 Å². The zero-order chi connectivity index (χ0) is 13.8. The molecular weight excluding hydrogens is 246 g/mol. The van der Waals surface area contributed by atoms with Crippen molar-refractivity contribution in [3.63, 3.8) is 0 Å². The van der Waals surface area contributed by atoms with Crippen LogP contribution in [0.2, 0.25) is 0 Å². The van der Waals surface area contributed by atoms with Crippen molar-refractivity contribution in [2.75, 3.05) is 13.2 Å². The third-order valence-corrected chi connectivity index (χ3v) is 4.33. The van der Waals surface area contributed by atoms with Crippen LogP contribution >= 0.6 is 0 Å². The molecule has 0 radical (unpaired) electrons. The minimum atomic E-state index is -0.862. The van der Waals surface area contributed by atoms with E-state index in [4.69, 9.17) is 4.74 Å². The molecule has 1 amide bonds. The van der Waals surface area contributed by atoms with E-state index in [1.807, 2.05) is 6.92 Å². The summed E-state index contributed by atoms with van der Waals surface area (Å²) < 4.78 is 5.20. The first kappa shape index (κ1) is 14.3. The second-order valence-corrected chi connectivity index (χ2v) is 5.45. The van der Waals surface area contributed by atoms with Gasteiger partial charge in [-0.2, -0.15) is 0 Å². The highest BCUT2D eigenvalue weighted by Gasteiger charge is 2.47. The average Bonchev–Trinajstić information content (AvgIpc) is 2.78. The van der Waals surface area contributed by atoms with Gasteiger partial charge in [-0.3, -0.25) is 4.79 Å². The topological polar surface area (TPSA) is 66.8 Å². The molecule has 0 aromatic rings. The van der Waals surface area contributed by atoms with Gasteiger partial charge in [0.25, 0.3) is 0 Å². The van der Waals surface area contributed by atoms with E-state index in [1.54, 1.807) is 4.90 Å². The zero-order valence-corrected chi connectivity index (χ0v) is 11.5. The van der Waals surface area contributed by atoms with Gasteiger partial charge in [0.05, 0.1) is 13.0 Å². The summed E-state index contributed by atoms with van der Waals surface area (Å²) in [4.78, 5) is 25.3. The first-order chi connectivity index (χ1) is 9.15. The van der Waals surface area contributed by atoms with Gasteiger partial charge in [0.15, 0.2) is 0 Å². The number of fused-ring (bicyclic) bond motifs is 1. The van der Waals surface area contributed by atoms with Crippen molar-refractivity contribution in [3.05, 3.63) is 0 Å². The first-order valence-corrected chi connectivity index (χ1v) is 7.26. The molecule has 1 aliphatic carbocycles. The molecule has 1 N–H and O–H groups in total. The SMILES string of the molecule is CCOCCC(=O)N1[C@@H]2CCCC[C@@H]2C[C@H]1C(=O)O. The van der Waals surface area contributed by atoms with E-state index in [1.165, 1.54) is 0 Å². The standard InChI is InChI=1S/C14H23NO4/c1-2-19-8-7-13(16)15-11-6-4-3-5-10(11)9-12(15)14(17)18/h10-12H,2-9H2,1H3,(H,17,18)/t10-,11-,12+/m1/s1. The Kier molecular flexibility index (Phi) is 4.80. The molecule has 5 nitrogen and oxygen atoms in total. The van der Waals surface area contributed by atoms with Gasteiger partial charge in [-0.1, -0.05) is 12.8 Å². The molecular formula is C14H23NO4. The molecule has 0 bridgehead atoms. The van der Waals surface area contributed by atoms with E-state index < -0.39 is 12.0 Å². The quantitative estimate of drug-likeness (QED) is 0.771. The predicted molar refractivity (Wildman–Crippen MR) is 69.7 cm³/mol. The van der Waals surface area contributed by atoms with E-state index >= 15 is 0 Å². The van der Waals surface area contributed by atoms with Gasteiger partial charge in [0.2, 0.25) is 5.91 Å². The molecule has 2 aliphatic rings. The van der Waals surface area contributed by atoms with Crippen LogP contribution in [0, 0.1) is 5.92 Å². The van der Waals surface area contributed by atoms with Crippen molar-refractivity contribution in [2.45, 2.75) is 57.5 Å². The van der Waals surface area contributed by atoms with Crippen LogP contribution in [0.5, 0.6) is 0 Å². The molecule has 1 saturated heterocycles.